The molecule has 2 heterocycles. The second-order valence-electron chi connectivity index (χ2n) is 5.51. The summed E-state index contributed by atoms with van der Waals surface area (Å²) in [6.45, 7) is 1.85. The summed E-state index contributed by atoms with van der Waals surface area (Å²) < 4.78 is 2.26. The lowest BCUT2D eigenvalue weighted by Gasteiger charge is -2.03. The third kappa shape index (κ3) is 3.92. The highest BCUT2D eigenvalue weighted by Gasteiger charge is 2.09. The van der Waals surface area contributed by atoms with Gasteiger partial charge in [-0.15, -0.1) is 21.5 Å². The molecule has 0 aliphatic rings. The topological polar surface area (TPSA) is 67.8 Å². The van der Waals surface area contributed by atoms with Crippen molar-refractivity contribution >= 4 is 55.7 Å². The molecule has 130 valence electrons. The number of aryl methyl sites for hydroxylation is 1. The van der Waals surface area contributed by atoms with E-state index in [-0.39, 0.29) is 5.91 Å². The van der Waals surface area contributed by atoms with Crippen LogP contribution in [0.1, 0.15) is 20.9 Å². The average molecular weight is 399 g/mol. The van der Waals surface area contributed by atoms with Gasteiger partial charge in [-0.1, -0.05) is 47.4 Å². The van der Waals surface area contributed by atoms with Gasteiger partial charge in [-0.05, 0) is 36.8 Å². The fourth-order valence-electron chi connectivity index (χ4n) is 2.33. The van der Waals surface area contributed by atoms with E-state index in [9.17, 15) is 4.79 Å². The molecule has 1 amide bonds. The zero-order chi connectivity index (χ0) is 17.9. The first-order valence-electron chi connectivity index (χ1n) is 7.86. The van der Waals surface area contributed by atoms with Gasteiger partial charge in [-0.3, -0.25) is 10.1 Å². The molecule has 0 saturated carbocycles. The van der Waals surface area contributed by atoms with Crippen molar-refractivity contribution in [2.75, 3.05) is 5.32 Å². The van der Waals surface area contributed by atoms with Crippen LogP contribution in [-0.4, -0.2) is 21.1 Å². The van der Waals surface area contributed by atoms with Gasteiger partial charge in [0.15, 0.2) is 4.34 Å². The molecule has 8 heteroatoms. The maximum absolute atomic E-state index is 12.2. The predicted molar refractivity (Wildman–Crippen MR) is 108 cm³/mol. The van der Waals surface area contributed by atoms with Crippen molar-refractivity contribution < 1.29 is 4.79 Å². The van der Waals surface area contributed by atoms with Gasteiger partial charge < -0.3 is 0 Å². The molecule has 0 fully saturated rings. The van der Waals surface area contributed by atoms with Crippen molar-refractivity contribution in [1.29, 1.82) is 0 Å². The van der Waals surface area contributed by atoms with Crippen LogP contribution < -0.4 is 5.32 Å². The Kier molecular flexibility index (Phi) is 4.96. The van der Waals surface area contributed by atoms with E-state index in [1.54, 1.807) is 23.1 Å². The van der Waals surface area contributed by atoms with Crippen molar-refractivity contribution in [3.05, 3.63) is 64.7 Å². The lowest BCUT2D eigenvalue weighted by Crippen LogP contribution is -2.11. The number of benzene rings is 2. The molecule has 4 aromatic rings. The highest BCUT2D eigenvalue weighted by atomic mass is 32.2. The molecular formula is C18H14N4OS3. The summed E-state index contributed by atoms with van der Waals surface area (Å²) in [5, 5.41) is 11.9. The molecule has 2 aromatic carbocycles. The van der Waals surface area contributed by atoms with Crippen LogP contribution in [0.5, 0.6) is 0 Å². The standard InChI is InChI=1S/C18H14N4OS3/c1-11-21-22-17(25-11)20-16(23)13-8-6-12(7-9-13)10-24-18-19-14-4-2-3-5-15(14)26-18/h2-9H,10H2,1H3,(H,20,22,23). The molecule has 0 bridgehead atoms. The lowest BCUT2D eigenvalue weighted by molar-refractivity contribution is 0.102. The van der Waals surface area contributed by atoms with Gasteiger partial charge in [-0.2, -0.15) is 0 Å². The number of para-hydroxylation sites is 1. The monoisotopic (exact) mass is 398 g/mol. The van der Waals surface area contributed by atoms with E-state index in [1.165, 1.54) is 16.0 Å². The SMILES string of the molecule is Cc1nnc(NC(=O)c2ccc(CSc3nc4ccccc4s3)cc2)s1. The molecular weight excluding hydrogens is 384 g/mol. The van der Waals surface area contributed by atoms with Crippen molar-refractivity contribution in [3.8, 4) is 0 Å². The zero-order valence-corrected chi connectivity index (χ0v) is 16.3. The molecule has 4 rings (SSSR count). The number of anilines is 1. The Balaban J connectivity index is 1.38. The van der Waals surface area contributed by atoms with E-state index >= 15 is 0 Å². The highest BCUT2D eigenvalue weighted by molar-refractivity contribution is 8.00. The predicted octanol–water partition coefficient (Wildman–Crippen LogP) is 5.00. The minimum Gasteiger partial charge on any atom is -0.296 e. The Morgan fingerprint density at radius 1 is 1.08 bits per heavy atom. The molecule has 0 aliphatic carbocycles. The van der Waals surface area contributed by atoms with Crippen molar-refractivity contribution in [2.24, 2.45) is 0 Å². The maximum atomic E-state index is 12.2. The van der Waals surface area contributed by atoms with E-state index in [0.717, 1.165) is 26.2 Å². The summed E-state index contributed by atoms with van der Waals surface area (Å²) in [6.07, 6.45) is 0. The van der Waals surface area contributed by atoms with Gasteiger partial charge in [0, 0.05) is 11.3 Å². The molecule has 2 aromatic heterocycles. The Hall–Kier alpha value is -2.29. The van der Waals surface area contributed by atoms with E-state index in [4.69, 9.17) is 0 Å². The molecule has 0 aliphatic heterocycles. The van der Waals surface area contributed by atoms with E-state index < -0.39 is 0 Å². The van der Waals surface area contributed by atoms with Crippen LogP contribution in [0.25, 0.3) is 10.2 Å². The maximum Gasteiger partial charge on any atom is 0.257 e. The molecule has 5 nitrogen and oxygen atoms in total. The minimum atomic E-state index is -0.175. The lowest BCUT2D eigenvalue weighted by atomic mass is 10.1. The third-order valence-corrected chi connectivity index (χ3v) is 6.60. The molecule has 0 unspecified atom stereocenters. The van der Waals surface area contributed by atoms with Crippen molar-refractivity contribution in [1.82, 2.24) is 15.2 Å². The molecule has 0 spiro atoms. The molecule has 0 radical (unpaired) electrons. The number of carbonyl (C=O) groups is 1. The van der Waals surface area contributed by atoms with Crippen LogP contribution in [0.2, 0.25) is 0 Å². The number of amides is 1. The van der Waals surface area contributed by atoms with Crippen LogP contribution in [-0.2, 0) is 5.75 Å². The van der Waals surface area contributed by atoms with Crippen LogP contribution >= 0.6 is 34.4 Å². The fraction of sp³-hybridized carbons (Fsp3) is 0.111. The smallest absolute Gasteiger partial charge is 0.257 e. The average Bonchev–Trinajstić information content (AvgIpc) is 3.25. The highest BCUT2D eigenvalue weighted by Crippen LogP contribution is 2.31. The Bertz CT molecular complexity index is 1020. The van der Waals surface area contributed by atoms with E-state index in [2.05, 4.69) is 26.6 Å². The fourth-order valence-corrected chi connectivity index (χ4v) is 4.94. The number of thiazole rings is 1. The number of carbonyl (C=O) groups excluding carboxylic acids is 1. The number of nitrogens with zero attached hydrogens (tertiary/aromatic N) is 3. The second kappa shape index (κ2) is 7.53. The first kappa shape index (κ1) is 17.1. The number of rotatable bonds is 5. The number of hydrogen-bond acceptors (Lipinski definition) is 7. The first-order chi connectivity index (χ1) is 12.7. The summed E-state index contributed by atoms with van der Waals surface area (Å²) in [6, 6.07) is 15.8. The largest absolute Gasteiger partial charge is 0.296 e. The van der Waals surface area contributed by atoms with Crippen LogP contribution in [0.3, 0.4) is 0 Å². The van der Waals surface area contributed by atoms with Gasteiger partial charge in [0.1, 0.15) is 5.01 Å². The number of hydrogen-bond donors (Lipinski definition) is 1. The summed E-state index contributed by atoms with van der Waals surface area (Å²) >= 11 is 4.77. The number of fused-ring (bicyclic) bond motifs is 1. The normalized spacial score (nSPS) is 11.0. The summed E-state index contributed by atoms with van der Waals surface area (Å²) in [5.74, 6) is 0.642. The van der Waals surface area contributed by atoms with Gasteiger partial charge in [0.05, 0.1) is 10.2 Å². The summed E-state index contributed by atoms with van der Waals surface area (Å²) in [4.78, 5) is 16.9. The molecule has 1 N–H and O–H groups in total. The van der Waals surface area contributed by atoms with Gasteiger partial charge in [-0.25, -0.2) is 4.98 Å². The molecule has 0 saturated heterocycles. The van der Waals surface area contributed by atoms with Gasteiger partial charge in [0.2, 0.25) is 5.13 Å². The molecule has 26 heavy (non-hydrogen) atoms. The second-order valence-corrected chi connectivity index (χ2v) is 8.95. The number of nitrogens with one attached hydrogen (secondary N) is 1. The summed E-state index contributed by atoms with van der Waals surface area (Å²) in [5.41, 5.74) is 2.79. The van der Waals surface area contributed by atoms with Crippen LogP contribution in [0.4, 0.5) is 5.13 Å². The number of aromatic nitrogens is 3. The quantitative estimate of drug-likeness (QED) is 0.479. The van der Waals surface area contributed by atoms with Gasteiger partial charge >= 0.3 is 0 Å². The first-order valence-corrected chi connectivity index (χ1v) is 10.5. The Labute approximate surface area is 162 Å². The van der Waals surface area contributed by atoms with Gasteiger partial charge in [0.25, 0.3) is 5.91 Å². The molecule has 0 atom stereocenters. The third-order valence-electron chi connectivity index (χ3n) is 3.60. The summed E-state index contributed by atoms with van der Waals surface area (Å²) in [7, 11) is 0. The van der Waals surface area contributed by atoms with E-state index in [1.807, 2.05) is 49.4 Å². The minimum absolute atomic E-state index is 0.175. The van der Waals surface area contributed by atoms with Crippen LogP contribution in [0.15, 0.2) is 52.9 Å². The van der Waals surface area contributed by atoms with Crippen molar-refractivity contribution in [3.63, 3.8) is 0 Å². The number of thioether (sulfide) groups is 1. The Morgan fingerprint density at radius 3 is 2.62 bits per heavy atom. The van der Waals surface area contributed by atoms with Crippen LogP contribution in [0, 0.1) is 6.92 Å². The Morgan fingerprint density at radius 2 is 1.88 bits per heavy atom. The van der Waals surface area contributed by atoms with Crippen molar-refractivity contribution in [2.45, 2.75) is 17.0 Å². The van der Waals surface area contributed by atoms with E-state index in [0.29, 0.717) is 10.7 Å². The zero-order valence-electron chi connectivity index (χ0n) is 13.8.